The largest absolute Gasteiger partial charge is 0.388 e. The summed E-state index contributed by atoms with van der Waals surface area (Å²) >= 11 is 0. The molecule has 2 atom stereocenters. The fraction of sp³-hybridized carbons (Fsp3) is 0.375. The summed E-state index contributed by atoms with van der Waals surface area (Å²) in [6.45, 7) is 2.80. The third-order valence-corrected chi connectivity index (χ3v) is 3.51. The number of aliphatic hydroxyl groups excluding tert-OH is 1. The zero-order chi connectivity index (χ0) is 14.5. The van der Waals surface area contributed by atoms with Crippen LogP contribution in [0.4, 0.5) is 4.39 Å². The predicted octanol–water partition coefficient (Wildman–Crippen LogP) is 2.77. The highest BCUT2D eigenvalue weighted by molar-refractivity contribution is 5.18. The van der Waals surface area contributed by atoms with Crippen LogP contribution in [0.25, 0.3) is 0 Å². The van der Waals surface area contributed by atoms with E-state index < -0.39 is 6.10 Å². The van der Waals surface area contributed by atoms with Gasteiger partial charge in [-0.2, -0.15) is 0 Å². The van der Waals surface area contributed by atoms with Crippen LogP contribution in [-0.4, -0.2) is 15.7 Å². The van der Waals surface area contributed by atoms with Gasteiger partial charge in [0.1, 0.15) is 5.82 Å². The van der Waals surface area contributed by atoms with Gasteiger partial charge in [-0.25, -0.2) is 4.39 Å². The van der Waals surface area contributed by atoms with Crippen LogP contribution in [-0.2, 0) is 13.6 Å². The van der Waals surface area contributed by atoms with Crippen LogP contribution < -0.4 is 5.32 Å². The van der Waals surface area contributed by atoms with Gasteiger partial charge in [0.15, 0.2) is 0 Å². The molecule has 0 fully saturated rings. The highest BCUT2D eigenvalue weighted by Gasteiger charge is 2.12. The Kier molecular flexibility index (Phi) is 4.93. The zero-order valence-corrected chi connectivity index (χ0v) is 11.9. The molecule has 0 aliphatic heterocycles. The van der Waals surface area contributed by atoms with Gasteiger partial charge in [-0.15, -0.1) is 0 Å². The lowest BCUT2D eigenvalue weighted by atomic mass is 10.0. The minimum absolute atomic E-state index is 0.171. The van der Waals surface area contributed by atoms with Gasteiger partial charge in [-0.05, 0) is 43.2 Å². The summed E-state index contributed by atoms with van der Waals surface area (Å²) in [4.78, 5) is 0. The predicted molar refractivity (Wildman–Crippen MR) is 77.7 cm³/mol. The molecule has 0 amide bonds. The van der Waals surface area contributed by atoms with Crippen LogP contribution >= 0.6 is 0 Å². The maximum absolute atomic E-state index is 12.8. The van der Waals surface area contributed by atoms with Crippen molar-refractivity contribution in [3.8, 4) is 0 Å². The molecule has 0 spiro atoms. The summed E-state index contributed by atoms with van der Waals surface area (Å²) in [5, 5.41) is 13.5. The van der Waals surface area contributed by atoms with Crippen LogP contribution in [0.2, 0.25) is 0 Å². The molecule has 4 heteroatoms. The smallest absolute Gasteiger partial charge is 0.123 e. The molecule has 3 nitrogen and oxygen atoms in total. The summed E-state index contributed by atoms with van der Waals surface area (Å²) in [7, 11) is 2.01. The van der Waals surface area contributed by atoms with Gasteiger partial charge in [0, 0.05) is 31.5 Å². The first-order chi connectivity index (χ1) is 9.56. The molecule has 2 N–H and O–H groups in total. The van der Waals surface area contributed by atoms with E-state index in [0.717, 1.165) is 12.1 Å². The molecule has 0 radical (unpaired) electrons. The SMILES string of the molecule is CC(CC(O)c1ccc(F)cc1)NCc1cccn1C. The van der Waals surface area contributed by atoms with Gasteiger partial charge in [0.2, 0.25) is 0 Å². The second kappa shape index (κ2) is 6.68. The van der Waals surface area contributed by atoms with Crippen molar-refractivity contribution in [2.75, 3.05) is 0 Å². The zero-order valence-electron chi connectivity index (χ0n) is 11.9. The van der Waals surface area contributed by atoms with Crippen molar-refractivity contribution >= 4 is 0 Å². The van der Waals surface area contributed by atoms with E-state index in [1.165, 1.54) is 17.8 Å². The Morgan fingerprint density at radius 3 is 2.55 bits per heavy atom. The van der Waals surface area contributed by atoms with Crippen LogP contribution in [0.15, 0.2) is 42.6 Å². The molecule has 2 aromatic rings. The number of hydrogen-bond donors (Lipinski definition) is 2. The molecule has 0 saturated heterocycles. The Bertz CT molecular complexity index is 536. The number of aryl methyl sites for hydroxylation is 1. The molecule has 0 bridgehead atoms. The van der Waals surface area contributed by atoms with Crippen molar-refractivity contribution in [1.29, 1.82) is 0 Å². The quantitative estimate of drug-likeness (QED) is 0.851. The van der Waals surface area contributed by atoms with E-state index in [2.05, 4.69) is 16.0 Å². The Hall–Kier alpha value is -1.65. The maximum atomic E-state index is 12.8. The highest BCUT2D eigenvalue weighted by Crippen LogP contribution is 2.18. The lowest BCUT2D eigenvalue weighted by Gasteiger charge is -2.18. The maximum Gasteiger partial charge on any atom is 0.123 e. The molecule has 108 valence electrons. The lowest BCUT2D eigenvalue weighted by molar-refractivity contribution is 0.153. The van der Waals surface area contributed by atoms with E-state index in [1.54, 1.807) is 12.1 Å². The fourth-order valence-electron chi connectivity index (χ4n) is 2.20. The topological polar surface area (TPSA) is 37.2 Å². The van der Waals surface area contributed by atoms with Crippen molar-refractivity contribution in [1.82, 2.24) is 9.88 Å². The van der Waals surface area contributed by atoms with E-state index >= 15 is 0 Å². The van der Waals surface area contributed by atoms with Gasteiger partial charge >= 0.3 is 0 Å². The van der Waals surface area contributed by atoms with Crippen LogP contribution in [0.1, 0.15) is 30.7 Å². The second-order valence-corrected chi connectivity index (χ2v) is 5.20. The second-order valence-electron chi connectivity index (χ2n) is 5.20. The van der Waals surface area contributed by atoms with Crippen LogP contribution in [0.5, 0.6) is 0 Å². The summed E-state index contributed by atoms with van der Waals surface area (Å²) < 4.78 is 14.9. The Balaban J connectivity index is 1.83. The van der Waals surface area contributed by atoms with Crippen LogP contribution in [0, 0.1) is 5.82 Å². The molecular weight excluding hydrogens is 255 g/mol. The van der Waals surface area contributed by atoms with Gasteiger partial charge in [-0.3, -0.25) is 0 Å². The monoisotopic (exact) mass is 276 g/mol. The third kappa shape index (κ3) is 3.92. The molecule has 2 unspecified atom stereocenters. The minimum atomic E-state index is -0.577. The van der Waals surface area contributed by atoms with E-state index in [0.29, 0.717) is 6.42 Å². The number of nitrogens with zero attached hydrogens (tertiary/aromatic N) is 1. The van der Waals surface area contributed by atoms with Crippen molar-refractivity contribution in [3.63, 3.8) is 0 Å². The Morgan fingerprint density at radius 2 is 1.95 bits per heavy atom. The average Bonchev–Trinajstić information content (AvgIpc) is 2.82. The van der Waals surface area contributed by atoms with E-state index in [-0.39, 0.29) is 11.9 Å². The van der Waals surface area contributed by atoms with Crippen molar-refractivity contribution in [2.24, 2.45) is 7.05 Å². The summed E-state index contributed by atoms with van der Waals surface area (Å²) in [6.07, 6.45) is 2.02. The van der Waals surface area contributed by atoms with E-state index in [4.69, 9.17) is 0 Å². The number of nitrogens with one attached hydrogen (secondary N) is 1. The summed E-state index contributed by atoms with van der Waals surface area (Å²) in [6, 6.07) is 10.3. The minimum Gasteiger partial charge on any atom is -0.388 e. The first-order valence-corrected chi connectivity index (χ1v) is 6.83. The van der Waals surface area contributed by atoms with Crippen LogP contribution in [0.3, 0.4) is 0 Å². The number of aliphatic hydroxyl groups is 1. The number of hydrogen-bond acceptors (Lipinski definition) is 2. The summed E-state index contributed by atoms with van der Waals surface area (Å²) in [5.41, 5.74) is 1.95. The Labute approximate surface area is 119 Å². The molecule has 2 rings (SSSR count). The number of aromatic nitrogens is 1. The summed E-state index contributed by atoms with van der Waals surface area (Å²) in [5.74, 6) is -0.282. The van der Waals surface area contributed by atoms with Gasteiger partial charge in [0.05, 0.1) is 6.10 Å². The number of halogens is 1. The van der Waals surface area contributed by atoms with E-state index in [9.17, 15) is 9.50 Å². The van der Waals surface area contributed by atoms with Crippen molar-refractivity contribution in [3.05, 3.63) is 59.7 Å². The highest BCUT2D eigenvalue weighted by atomic mass is 19.1. The third-order valence-electron chi connectivity index (χ3n) is 3.51. The standard InChI is InChI=1S/C16H21FN2O/c1-12(18-11-15-4-3-9-19(15)2)10-16(20)13-5-7-14(17)8-6-13/h3-9,12,16,18,20H,10-11H2,1-2H3. The molecule has 1 heterocycles. The molecule has 0 saturated carbocycles. The first kappa shape index (κ1) is 14.8. The number of rotatable bonds is 6. The van der Waals surface area contributed by atoms with Crippen molar-refractivity contribution in [2.45, 2.75) is 32.0 Å². The fourth-order valence-corrected chi connectivity index (χ4v) is 2.20. The van der Waals surface area contributed by atoms with Gasteiger partial charge in [-0.1, -0.05) is 12.1 Å². The molecule has 20 heavy (non-hydrogen) atoms. The Morgan fingerprint density at radius 1 is 1.25 bits per heavy atom. The average molecular weight is 276 g/mol. The van der Waals surface area contributed by atoms with Gasteiger partial charge in [0.25, 0.3) is 0 Å². The molecular formula is C16H21FN2O. The molecule has 1 aromatic heterocycles. The number of benzene rings is 1. The lowest BCUT2D eigenvalue weighted by Crippen LogP contribution is -2.28. The first-order valence-electron chi connectivity index (χ1n) is 6.83. The molecule has 1 aromatic carbocycles. The normalized spacial score (nSPS) is 14.2. The van der Waals surface area contributed by atoms with Gasteiger partial charge < -0.3 is 15.0 Å². The molecule has 0 aliphatic rings. The molecule has 0 aliphatic carbocycles. The van der Waals surface area contributed by atoms with Crippen molar-refractivity contribution < 1.29 is 9.50 Å². The van der Waals surface area contributed by atoms with E-state index in [1.807, 2.05) is 26.2 Å².